The maximum absolute atomic E-state index is 5.17. The summed E-state index contributed by atoms with van der Waals surface area (Å²) in [4.78, 5) is 4.85. The van der Waals surface area contributed by atoms with Crippen LogP contribution in [0.4, 0.5) is 0 Å². The van der Waals surface area contributed by atoms with E-state index in [1.54, 1.807) is 7.11 Å². The first-order valence-corrected chi connectivity index (χ1v) is 7.23. The Morgan fingerprint density at radius 2 is 1.63 bits per heavy atom. The van der Waals surface area contributed by atoms with Gasteiger partial charge in [0.05, 0.1) is 7.11 Å². The Kier molecular flexibility index (Phi) is 7.53. The van der Waals surface area contributed by atoms with Gasteiger partial charge in [0, 0.05) is 6.54 Å². The molecule has 0 heterocycles. The second-order valence-corrected chi connectivity index (χ2v) is 4.97. The molecular weight excluding hydrogens is 236 g/mol. The van der Waals surface area contributed by atoms with Gasteiger partial charge >= 0.3 is 0 Å². The highest BCUT2D eigenvalue weighted by atomic mass is 16.5. The maximum Gasteiger partial charge on any atom is 0.118 e. The number of methoxy groups -OCH3 is 1. The largest absolute Gasteiger partial charge is 0.497 e. The molecule has 1 rings (SSSR count). The minimum absolute atomic E-state index is 0.924. The zero-order valence-corrected chi connectivity index (χ0v) is 12.9. The van der Waals surface area contributed by atoms with Crippen LogP contribution in [0, 0.1) is 0 Å². The number of rotatable bonds is 9. The van der Waals surface area contributed by atoms with E-state index < -0.39 is 0 Å². The number of benzene rings is 1. The van der Waals surface area contributed by atoms with E-state index in [0.29, 0.717) is 0 Å². The first kappa shape index (κ1) is 16.0. The Labute approximate surface area is 118 Å². The van der Waals surface area contributed by atoms with E-state index in [1.807, 2.05) is 12.1 Å². The molecule has 0 saturated carbocycles. The zero-order valence-electron chi connectivity index (χ0n) is 12.9. The third-order valence-electron chi connectivity index (χ3n) is 3.52. The Morgan fingerprint density at radius 3 is 2.16 bits per heavy atom. The van der Waals surface area contributed by atoms with Gasteiger partial charge in [-0.3, -0.25) is 0 Å². The summed E-state index contributed by atoms with van der Waals surface area (Å²) in [5.74, 6) is 0.924. The fourth-order valence-electron chi connectivity index (χ4n) is 2.23. The lowest BCUT2D eigenvalue weighted by Gasteiger charge is -2.21. The molecule has 0 aliphatic heterocycles. The van der Waals surface area contributed by atoms with Gasteiger partial charge in [0.15, 0.2) is 0 Å². The van der Waals surface area contributed by atoms with Crippen LogP contribution in [0.2, 0.25) is 0 Å². The van der Waals surface area contributed by atoms with Gasteiger partial charge in [-0.25, -0.2) is 0 Å². The predicted octanol–water partition coefficient (Wildman–Crippen LogP) is 2.86. The van der Waals surface area contributed by atoms with Gasteiger partial charge in [0.1, 0.15) is 5.75 Å². The quantitative estimate of drug-likeness (QED) is 0.682. The average Bonchev–Trinajstić information content (AvgIpc) is 2.44. The predicted molar refractivity (Wildman–Crippen MR) is 81.7 cm³/mol. The molecule has 0 aromatic heterocycles. The molecule has 0 spiro atoms. The van der Waals surface area contributed by atoms with Crippen molar-refractivity contribution in [1.82, 2.24) is 9.80 Å². The van der Waals surface area contributed by atoms with Gasteiger partial charge in [-0.2, -0.15) is 0 Å². The van der Waals surface area contributed by atoms with E-state index >= 15 is 0 Å². The topological polar surface area (TPSA) is 15.7 Å². The maximum atomic E-state index is 5.17. The normalized spacial score (nSPS) is 11.3. The minimum Gasteiger partial charge on any atom is -0.497 e. The summed E-state index contributed by atoms with van der Waals surface area (Å²) in [5, 5.41) is 0. The molecule has 108 valence electrons. The highest BCUT2D eigenvalue weighted by Crippen LogP contribution is 2.12. The summed E-state index contributed by atoms with van der Waals surface area (Å²) in [5.41, 5.74) is 1.34. The third kappa shape index (κ3) is 6.08. The zero-order chi connectivity index (χ0) is 14.1. The molecule has 1 aromatic rings. The summed E-state index contributed by atoms with van der Waals surface area (Å²) in [6.45, 7) is 10.1. The molecular formula is C16H28N2O. The van der Waals surface area contributed by atoms with Gasteiger partial charge in [-0.1, -0.05) is 26.0 Å². The first-order valence-electron chi connectivity index (χ1n) is 7.23. The summed E-state index contributed by atoms with van der Waals surface area (Å²) in [7, 11) is 3.89. The Balaban J connectivity index is 2.28. The van der Waals surface area contributed by atoms with E-state index in [-0.39, 0.29) is 0 Å². The average molecular weight is 264 g/mol. The third-order valence-corrected chi connectivity index (χ3v) is 3.52. The van der Waals surface area contributed by atoms with Gasteiger partial charge < -0.3 is 14.5 Å². The van der Waals surface area contributed by atoms with Crippen LogP contribution in [0.25, 0.3) is 0 Å². The van der Waals surface area contributed by atoms with Crippen molar-refractivity contribution in [2.45, 2.75) is 26.8 Å². The molecule has 0 saturated heterocycles. The molecule has 0 atom stereocenters. The number of ether oxygens (including phenoxy) is 1. The van der Waals surface area contributed by atoms with Crippen LogP contribution in [-0.4, -0.2) is 50.1 Å². The van der Waals surface area contributed by atoms with Crippen molar-refractivity contribution in [3.8, 4) is 5.75 Å². The summed E-state index contributed by atoms with van der Waals surface area (Å²) < 4.78 is 5.17. The van der Waals surface area contributed by atoms with Crippen molar-refractivity contribution in [2.75, 3.05) is 40.3 Å². The van der Waals surface area contributed by atoms with Crippen LogP contribution in [0.1, 0.15) is 25.8 Å². The van der Waals surface area contributed by atoms with Gasteiger partial charge in [-0.05, 0) is 57.3 Å². The van der Waals surface area contributed by atoms with Crippen molar-refractivity contribution >= 4 is 0 Å². The van der Waals surface area contributed by atoms with Crippen LogP contribution < -0.4 is 4.74 Å². The lowest BCUT2D eigenvalue weighted by molar-refractivity contribution is 0.259. The monoisotopic (exact) mass is 264 g/mol. The molecule has 0 unspecified atom stereocenters. The summed E-state index contributed by atoms with van der Waals surface area (Å²) in [6.07, 6.45) is 1.23. The molecule has 0 fully saturated rings. The fraction of sp³-hybridized carbons (Fsp3) is 0.625. The molecule has 0 aliphatic rings. The molecule has 0 radical (unpaired) electrons. The van der Waals surface area contributed by atoms with Crippen molar-refractivity contribution in [1.29, 1.82) is 0 Å². The molecule has 19 heavy (non-hydrogen) atoms. The van der Waals surface area contributed by atoms with E-state index in [9.17, 15) is 0 Å². The Hall–Kier alpha value is -1.06. The second-order valence-electron chi connectivity index (χ2n) is 4.97. The van der Waals surface area contributed by atoms with Crippen molar-refractivity contribution < 1.29 is 4.74 Å². The smallest absolute Gasteiger partial charge is 0.118 e. The van der Waals surface area contributed by atoms with Crippen LogP contribution in [-0.2, 0) is 6.54 Å². The van der Waals surface area contributed by atoms with E-state index in [4.69, 9.17) is 4.74 Å². The van der Waals surface area contributed by atoms with Gasteiger partial charge in [-0.15, -0.1) is 0 Å². The van der Waals surface area contributed by atoms with Crippen LogP contribution in [0.5, 0.6) is 5.75 Å². The Bertz CT molecular complexity index is 333. The van der Waals surface area contributed by atoms with E-state index in [2.05, 4.69) is 42.8 Å². The molecule has 3 nitrogen and oxygen atoms in total. The molecule has 1 aromatic carbocycles. The molecule has 0 bridgehead atoms. The van der Waals surface area contributed by atoms with Crippen LogP contribution in [0.3, 0.4) is 0 Å². The number of nitrogens with zero attached hydrogens (tertiary/aromatic N) is 2. The van der Waals surface area contributed by atoms with Gasteiger partial charge in [0.25, 0.3) is 0 Å². The van der Waals surface area contributed by atoms with Gasteiger partial charge in [0.2, 0.25) is 0 Å². The minimum atomic E-state index is 0.924. The fourth-order valence-corrected chi connectivity index (χ4v) is 2.23. The molecule has 0 N–H and O–H groups in total. The molecule has 0 amide bonds. The number of hydrogen-bond acceptors (Lipinski definition) is 3. The summed E-state index contributed by atoms with van der Waals surface area (Å²) >= 11 is 0. The molecule has 3 heteroatoms. The second kappa shape index (κ2) is 8.94. The van der Waals surface area contributed by atoms with Crippen LogP contribution >= 0.6 is 0 Å². The summed E-state index contributed by atoms with van der Waals surface area (Å²) in [6, 6.07) is 8.33. The van der Waals surface area contributed by atoms with Crippen molar-refractivity contribution in [3.05, 3.63) is 29.8 Å². The van der Waals surface area contributed by atoms with Crippen molar-refractivity contribution in [2.24, 2.45) is 0 Å². The SMILES string of the molecule is CCN(CC)CCCN(C)Cc1ccc(OC)cc1. The number of hydrogen-bond donors (Lipinski definition) is 0. The lowest BCUT2D eigenvalue weighted by atomic mass is 10.2. The molecule has 0 aliphatic carbocycles. The Morgan fingerprint density at radius 1 is 1.00 bits per heavy atom. The van der Waals surface area contributed by atoms with Crippen LogP contribution in [0.15, 0.2) is 24.3 Å². The first-order chi connectivity index (χ1) is 9.19. The van der Waals surface area contributed by atoms with E-state index in [1.165, 1.54) is 18.5 Å². The highest BCUT2D eigenvalue weighted by Gasteiger charge is 2.03. The highest BCUT2D eigenvalue weighted by molar-refractivity contribution is 5.26. The standard InChI is InChI=1S/C16H28N2O/c1-5-18(6-2)13-7-12-17(3)14-15-8-10-16(19-4)11-9-15/h8-11H,5-7,12-14H2,1-4H3. The van der Waals surface area contributed by atoms with E-state index in [0.717, 1.165) is 31.9 Å². The van der Waals surface area contributed by atoms with Crippen molar-refractivity contribution in [3.63, 3.8) is 0 Å². The lowest BCUT2D eigenvalue weighted by Crippen LogP contribution is -2.28.